The van der Waals surface area contributed by atoms with Gasteiger partial charge in [0.2, 0.25) is 0 Å². The van der Waals surface area contributed by atoms with Crippen LogP contribution < -0.4 is 5.32 Å². The first-order chi connectivity index (χ1) is 7.86. The fourth-order valence-electron chi connectivity index (χ4n) is 1.88. The van der Waals surface area contributed by atoms with Crippen molar-refractivity contribution in [1.82, 2.24) is 5.32 Å². The lowest BCUT2D eigenvalue weighted by molar-refractivity contribution is -0.150. The van der Waals surface area contributed by atoms with E-state index >= 15 is 0 Å². The topological polar surface area (TPSA) is 38.3 Å². The molecule has 0 amide bonds. The molecule has 0 aromatic carbocycles. The summed E-state index contributed by atoms with van der Waals surface area (Å²) in [5.74, 6) is 0.373. The van der Waals surface area contributed by atoms with Gasteiger partial charge in [-0.1, -0.05) is 27.2 Å². The largest absolute Gasteiger partial charge is 0.462 e. The highest BCUT2D eigenvalue weighted by atomic mass is 16.5. The van der Waals surface area contributed by atoms with E-state index in [9.17, 15) is 4.79 Å². The molecule has 17 heavy (non-hydrogen) atoms. The van der Waals surface area contributed by atoms with E-state index in [1.807, 2.05) is 13.8 Å². The number of nitrogens with one attached hydrogen (secondary N) is 1. The van der Waals surface area contributed by atoms with Crippen LogP contribution >= 0.6 is 0 Å². The van der Waals surface area contributed by atoms with Crippen molar-refractivity contribution in [3.8, 4) is 0 Å². The van der Waals surface area contributed by atoms with E-state index in [1.165, 1.54) is 0 Å². The summed E-state index contributed by atoms with van der Waals surface area (Å²) >= 11 is 0. The summed E-state index contributed by atoms with van der Waals surface area (Å²) in [5, 5.41) is 3.38. The van der Waals surface area contributed by atoms with Gasteiger partial charge >= 0.3 is 5.97 Å². The highest BCUT2D eigenvalue weighted by Gasteiger charge is 2.23. The SMILES string of the molecule is CCCC(C)N[C@@H](CC(C)C)C(=O)OC(C)C. The van der Waals surface area contributed by atoms with Gasteiger partial charge in [-0.2, -0.15) is 0 Å². The van der Waals surface area contributed by atoms with Crippen LogP contribution in [0.4, 0.5) is 0 Å². The molecule has 1 N–H and O–H groups in total. The normalized spacial score (nSPS) is 15.1. The van der Waals surface area contributed by atoms with Crippen molar-refractivity contribution < 1.29 is 9.53 Å². The van der Waals surface area contributed by atoms with E-state index in [0.29, 0.717) is 12.0 Å². The average molecular weight is 243 g/mol. The summed E-state index contributed by atoms with van der Waals surface area (Å²) in [5.41, 5.74) is 0. The first kappa shape index (κ1) is 16.4. The lowest BCUT2D eigenvalue weighted by Gasteiger charge is -2.24. The molecule has 3 nitrogen and oxygen atoms in total. The molecule has 0 aliphatic carbocycles. The van der Waals surface area contributed by atoms with Gasteiger partial charge in [-0.15, -0.1) is 0 Å². The minimum atomic E-state index is -0.168. The van der Waals surface area contributed by atoms with E-state index in [1.54, 1.807) is 0 Å². The Morgan fingerprint density at radius 3 is 2.18 bits per heavy atom. The Morgan fingerprint density at radius 2 is 1.76 bits per heavy atom. The molecule has 0 spiro atoms. The van der Waals surface area contributed by atoms with Crippen LogP contribution in [0.25, 0.3) is 0 Å². The van der Waals surface area contributed by atoms with Crippen LogP contribution in [0.2, 0.25) is 0 Å². The van der Waals surface area contributed by atoms with Gasteiger partial charge in [0.25, 0.3) is 0 Å². The van der Waals surface area contributed by atoms with Crippen molar-refractivity contribution in [2.45, 2.75) is 79.0 Å². The molecule has 102 valence electrons. The molecule has 3 heteroatoms. The number of ether oxygens (including phenoxy) is 1. The second kappa shape index (κ2) is 8.51. The third kappa shape index (κ3) is 8.19. The van der Waals surface area contributed by atoms with Crippen LogP contribution in [0.15, 0.2) is 0 Å². The van der Waals surface area contributed by atoms with Gasteiger partial charge in [-0.3, -0.25) is 4.79 Å². The van der Waals surface area contributed by atoms with Gasteiger partial charge in [-0.05, 0) is 39.5 Å². The summed E-state index contributed by atoms with van der Waals surface area (Å²) in [6, 6.07) is 0.197. The predicted octanol–water partition coefficient (Wildman–Crippen LogP) is 3.13. The maximum absolute atomic E-state index is 11.9. The standard InChI is InChI=1S/C14H29NO2/c1-7-8-12(6)15-13(9-10(2)3)14(16)17-11(4)5/h10-13,15H,7-9H2,1-6H3/t12?,13-/m0/s1. The number of rotatable bonds is 8. The van der Waals surface area contributed by atoms with Crippen LogP contribution in [0.5, 0.6) is 0 Å². The Kier molecular flexibility index (Phi) is 8.23. The molecule has 0 radical (unpaired) electrons. The predicted molar refractivity (Wildman–Crippen MR) is 72.0 cm³/mol. The molecule has 0 fully saturated rings. The Morgan fingerprint density at radius 1 is 1.18 bits per heavy atom. The summed E-state index contributed by atoms with van der Waals surface area (Å²) in [6.45, 7) is 12.3. The molecule has 0 aliphatic heterocycles. The molecule has 1 unspecified atom stereocenters. The smallest absolute Gasteiger partial charge is 0.323 e. The molecule has 0 bridgehead atoms. The summed E-state index contributed by atoms with van der Waals surface area (Å²) in [6.07, 6.45) is 3.01. The van der Waals surface area contributed by atoms with Crippen LogP contribution in [-0.2, 0) is 9.53 Å². The lowest BCUT2D eigenvalue weighted by atomic mass is 10.0. The van der Waals surface area contributed by atoms with Gasteiger partial charge in [0.1, 0.15) is 6.04 Å². The third-order valence-corrected chi connectivity index (χ3v) is 2.55. The summed E-state index contributed by atoms with van der Waals surface area (Å²) < 4.78 is 5.29. The van der Waals surface area contributed by atoms with Crippen molar-refractivity contribution in [2.75, 3.05) is 0 Å². The molecular weight excluding hydrogens is 214 g/mol. The Bertz CT molecular complexity index is 214. The van der Waals surface area contributed by atoms with Crippen molar-refractivity contribution in [3.05, 3.63) is 0 Å². The molecule has 0 rings (SSSR count). The number of hydrogen-bond acceptors (Lipinski definition) is 3. The van der Waals surface area contributed by atoms with E-state index in [0.717, 1.165) is 19.3 Å². The van der Waals surface area contributed by atoms with Crippen LogP contribution in [0.3, 0.4) is 0 Å². The molecule has 0 saturated carbocycles. The summed E-state index contributed by atoms with van der Waals surface area (Å²) in [4.78, 5) is 11.9. The quantitative estimate of drug-likeness (QED) is 0.666. The van der Waals surface area contributed by atoms with Crippen molar-refractivity contribution in [2.24, 2.45) is 5.92 Å². The fraction of sp³-hybridized carbons (Fsp3) is 0.929. The second-order valence-corrected chi connectivity index (χ2v) is 5.52. The monoisotopic (exact) mass is 243 g/mol. The van der Waals surface area contributed by atoms with E-state index in [4.69, 9.17) is 4.74 Å². The zero-order valence-corrected chi connectivity index (χ0v) is 12.2. The van der Waals surface area contributed by atoms with Crippen LogP contribution in [0.1, 0.15) is 60.8 Å². The number of carbonyl (C=O) groups is 1. The maximum atomic E-state index is 11.9. The minimum absolute atomic E-state index is 0.0413. The van der Waals surface area contributed by atoms with Crippen LogP contribution in [-0.4, -0.2) is 24.2 Å². The Labute approximate surface area is 106 Å². The van der Waals surface area contributed by atoms with Crippen LogP contribution in [0, 0.1) is 5.92 Å². The van der Waals surface area contributed by atoms with Gasteiger partial charge in [0.05, 0.1) is 6.10 Å². The maximum Gasteiger partial charge on any atom is 0.323 e. The van der Waals surface area contributed by atoms with Gasteiger partial charge in [0, 0.05) is 6.04 Å². The van der Waals surface area contributed by atoms with Gasteiger partial charge in [-0.25, -0.2) is 0 Å². The molecule has 0 saturated heterocycles. The first-order valence-corrected chi connectivity index (χ1v) is 6.83. The Hall–Kier alpha value is -0.570. The van der Waals surface area contributed by atoms with E-state index < -0.39 is 0 Å². The average Bonchev–Trinajstić information content (AvgIpc) is 2.15. The molecular formula is C14H29NO2. The van der Waals surface area contributed by atoms with E-state index in [2.05, 4.69) is 33.0 Å². The molecule has 0 aliphatic rings. The van der Waals surface area contributed by atoms with Crippen molar-refractivity contribution >= 4 is 5.97 Å². The zero-order valence-electron chi connectivity index (χ0n) is 12.2. The lowest BCUT2D eigenvalue weighted by Crippen LogP contribution is -2.44. The second-order valence-electron chi connectivity index (χ2n) is 5.52. The Balaban J connectivity index is 4.36. The van der Waals surface area contributed by atoms with Crippen molar-refractivity contribution in [1.29, 1.82) is 0 Å². The molecule has 2 atom stereocenters. The van der Waals surface area contributed by atoms with Gasteiger partial charge < -0.3 is 10.1 Å². The highest BCUT2D eigenvalue weighted by molar-refractivity contribution is 5.76. The van der Waals surface area contributed by atoms with E-state index in [-0.39, 0.29) is 18.1 Å². The first-order valence-electron chi connectivity index (χ1n) is 6.83. The molecule has 0 aromatic heterocycles. The summed E-state index contributed by atoms with van der Waals surface area (Å²) in [7, 11) is 0. The minimum Gasteiger partial charge on any atom is -0.462 e. The highest BCUT2D eigenvalue weighted by Crippen LogP contribution is 2.09. The zero-order chi connectivity index (χ0) is 13.4. The van der Waals surface area contributed by atoms with Crippen molar-refractivity contribution in [3.63, 3.8) is 0 Å². The number of carbonyl (C=O) groups excluding carboxylic acids is 1. The van der Waals surface area contributed by atoms with Gasteiger partial charge in [0.15, 0.2) is 0 Å². The number of esters is 1. The third-order valence-electron chi connectivity index (χ3n) is 2.55. The number of hydrogen-bond donors (Lipinski definition) is 1. The fourth-order valence-corrected chi connectivity index (χ4v) is 1.88. The molecule has 0 aromatic rings. The molecule has 0 heterocycles.